The van der Waals surface area contributed by atoms with E-state index in [1.165, 1.54) is 6.20 Å². The maximum absolute atomic E-state index is 12.5. The Kier molecular flexibility index (Phi) is 3.48. The van der Waals surface area contributed by atoms with E-state index in [-0.39, 0.29) is 11.9 Å². The molecular formula is C15H18N4O3. The zero-order chi connectivity index (χ0) is 15.9. The minimum Gasteiger partial charge on any atom is -0.466 e. The highest BCUT2D eigenvalue weighted by atomic mass is 16.3. The number of carbonyl (C=O) groups is 2. The van der Waals surface area contributed by atoms with Gasteiger partial charge in [0.1, 0.15) is 11.5 Å². The van der Waals surface area contributed by atoms with E-state index in [2.05, 4.69) is 5.10 Å². The monoisotopic (exact) mass is 302 g/mol. The molecule has 0 aromatic carbocycles. The van der Waals surface area contributed by atoms with Crippen LogP contribution in [0.5, 0.6) is 0 Å². The molecule has 0 radical (unpaired) electrons. The number of rotatable bonds is 3. The maximum Gasteiger partial charge on any atom is 0.257 e. The van der Waals surface area contributed by atoms with Gasteiger partial charge in [-0.3, -0.25) is 14.3 Å². The third-order valence-corrected chi connectivity index (χ3v) is 3.98. The smallest absolute Gasteiger partial charge is 0.257 e. The Morgan fingerprint density at radius 1 is 1.41 bits per heavy atom. The second-order valence-electron chi connectivity index (χ2n) is 5.59. The Balaban J connectivity index is 1.72. The fourth-order valence-electron chi connectivity index (χ4n) is 2.82. The fourth-order valence-corrected chi connectivity index (χ4v) is 2.82. The molecule has 7 nitrogen and oxygen atoms in total. The molecule has 2 aromatic heterocycles. The van der Waals surface area contributed by atoms with Gasteiger partial charge in [-0.2, -0.15) is 5.10 Å². The average molecular weight is 302 g/mol. The number of primary amides is 1. The highest BCUT2D eigenvalue weighted by Crippen LogP contribution is 2.24. The summed E-state index contributed by atoms with van der Waals surface area (Å²) in [5.74, 6) is 0.844. The van der Waals surface area contributed by atoms with Gasteiger partial charge in [0.05, 0.1) is 23.4 Å². The van der Waals surface area contributed by atoms with Gasteiger partial charge in [0.25, 0.3) is 11.8 Å². The molecule has 0 spiro atoms. The van der Waals surface area contributed by atoms with Crippen molar-refractivity contribution in [1.29, 1.82) is 0 Å². The van der Waals surface area contributed by atoms with Crippen LogP contribution in [0.2, 0.25) is 0 Å². The molecule has 7 heteroatoms. The van der Waals surface area contributed by atoms with Gasteiger partial charge in [-0.25, -0.2) is 0 Å². The lowest BCUT2D eigenvalue weighted by Crippen LogP contribution is -2.29. The summed E-state index contributed by atoms with van der Waals surface area (Å²) < 4.78 is 7.13. The number of aryl methyl sites for hydroxylation is 2. The molecule has 0 saturated carbocycles. The van der Waals surface area contributed by atoms with Gasteiger partial charge in [0, 0.05) is 19.3 Å². The van der Waals surface area contributed by atoms with Crippen molar-refractivity contribution in [3.8, 4) is 0 Å². The van der Waals surface area contributed by atoms with E-state index in [0.29, 0.717) is 30.0 Å². The Hall–Kier alpha value is -2.57. The Bertz CT molecular complexity index is 731. The molecule has 1 atom stereocenters. The Morgan fingerprint density at radius 3 is 2.77 bits per heavy atom. The number of carbonyl (C=O) groups excluding carboxylic acids is 2. The molecule has 3 heterocycles. The SMILES string of the molecule is Cc1cc(C(=O)N2CCC(n3cc(C(N)=O)cn3)C2)c(C)o1. The van der Waals surface area contributed by atoms with E-state index in [4.69, 9.17) is 10.2 Å². The molecule has 0 aliphatic carbocycles. The van der Waals surface area contributed by atoms with Crippen LogP contribution in [0.3, 0.4) is 0 Å². The lowest BCUT2D eigenvalue weighted by atomic mass is 10.2. The quantitative estimate of drug-likeness (QED) is 0.924. The number of likely N-dealkylation sites (tertiary alicyclic amines) is 1. The van der Waals surface area contributed by atoms with Crippen LogP contribution < -0.4 is 5.73 Å². The van der Waals surface area contributed by atoms with E-state index < -0.39 is 5.91 Å². The third kappa shape index (κ3) is 2.49. The lowest BCUT2D eigenvalue weighted by molar-refractivity contribution is 0.0785. The van der Waals surface area contributed by atoms with Crippen molar-refractivity contribution in [2.24, 2.45) is 5.73 Å². The topological polar surface area (TPSA) is 94.4 Å². The molecule has 22 heavy (non-hydrogen) atoms. The highest BCUT2D eigenvalue weighted by Gasteiger charge is 2.30. The van der Waals surface area contributed by atoms with Gasteiger partial charge >= 0.3 is 0 Å². The predicted octanol–water partition coefficient (Wildman–Crippen LogP) is 1.28. The summed E-state index contributed by atoms with van der Waals surface area (Å²) in [6, 6.07) is 1.83. The zero-order valence-electron chi connectivity index (χ0n) is 12.6. The summed E-state index contributed by atoms with van der Waals surface area (Å²) in [6.45, 7) is 4.83. The lowest BCUT2D eigenvalue weighted by Gasteiger charge is -2.16. The minimum absolute atomic E-state index is 0.0286. The highest BCUT2D eigenvalue weighted by molar-refractivity contribution is 5.95. The first-order valence-electron chi connectivity index (χ1n) is 7.16. The number of nitrogens with zero attached hydrogens (tertiary/aromatic N) is 3. The number of furan rings is 1. The molecule has 2 aromatic rings. The summed E-state index contributed by atoms with van der Waals surface area (Å²) in [6.07, 6.45) is 3.88. The van der Waals surface area contributed by atoms with Gasteiger partial charge < -0.3 is 15.1 Å². The predicted molar refractivity (Wildman–Crippen MR) is 78.5 cm³/mol. The van der Waals surface area contributed by atoms with Crippen LogP contribution in [0, 0.1) is 13.8 Å². The summed E-state index contributed by atoms with van der Waals surface area (Å²) in [4.78, 5) is 25.4. The Morgan fingerprint density at radius 2 is 2.18 bits per heavy atom. The van der Waals surface area contributed by atoms with Crippen LogP contribution in [-0.2, 0) is 0 Å². The number of nitrogens with two attached hydrogens (primary N) is 1. The summed E-state index contributed by atoms with van der Waals surface area (Å²) in [5.41, 5.74) is 6.22. The standard InChI is InChI=1S/C15H18N4O3/c1-9-5-13(10(2)22-9)15(21)18-4-3-12(8-18)19-7-11(6-17-19)14(16)20/h5-7,12H,3-4,8H2,1-2H3,(H2,16,20). The second kappa shape index (κ2) is 5.32. The zero-order valence-corrected chi connectivity index (χ0v) is 12.6. The second-order valence-corrected chi connectivity index (χ2v) is 5.59. The van der Waals surface area contributed by atoms with Gasteiger partial charge in [-0.1, -0.05) is 0 Å². The number of hydrogen-bond donors (Lipinski definition) is 1. The summed E-state index contributed by atoms with van der Waals surface area (Å²) in [7, 11) is 0. The van der Waals surface area contributed by atoms with Crippen molar-refractivity contribution < 1.29 is 14.0 Å². The van der Waals surface area contributed by atoms with Crippen molar-refractivity contribution in [3.63, 3.8) is 0 Å². The number of amides is 2. The van der Waals surface area contributed by atoms with Crippen LogP contribution in [0.1, 0.15) is 44.7 Å². The van der Waals surface area contributed by atoms with Crippen LogP contribution in [-0.4, -0.2) is 39.6 Å². The summed E-state index contributed by atoms with van der Waals surface area (Å²) in [5, 5.41) is 4.17. The summed E-state index contributed by atoms with van der Waals surface area (Å²) >= 11 is 0. The normalized spacial score (nSPS) is 17.9. The van der Waals surface area contributed by atoms with Crippen molar-refractivity contribution >= 4 is 11.8 Å². The van der Waals surface area contributed by atoms with Gasteiger partial charge in [0.15, 0.2) is 0 Å². The first-order valence-corrected chi connectivity index (χ1v) is 7.16. The third-order valence-electron chi connectivity index (χ3n) is 3.98. The van der Waals surface area contributed by atoms with E-state index in [1.54, 1.807) is 28.8 Å². The van der Waals surface area contributed by atoms with Gasteiger partial charge in [-0.05, 0) is 26.3 Å². The fraction of sp³-hybridized carbons (Fsp3) is 0.400. The van der Waals surface area contributed by atoms with Crippen molar-refractivity contribution in [2.45, 2.75) is 26.3 Å². The molecule has 116 valence electrons. The minimum atomic E-state index is -0.498. The van der Waals surface area contributed by atoms with Crippen LogP contribution in [0.15, 0.2) is 22.9 Å². The molecular weight excluding hydrogens is 284 g/mol. The number of aromatic nitrogens is 2. The molecule has 0 bridgehead atoms. The molecule has 2 N–H and O–H groups in total. The van der Waals surface area contributed by atoms with E-state index in [0.717, 1.165) is 12.2 Å². The molecule has 1 fully saturated rings. The molecule has 1 aliphatic rings. The van der Waals surface area contributed by atoms with Crippen LogP contribution >= 0.6 is 0 Å². The van der Waals surface area contributed by atoms with Crippen molar-refractivity contribution in [3.05, 3.63) is 41.1 Å². The van der Waals surface area contributed by atoms with Gasteiger partial charge in [-0.15, -0.1) is 0 Å². The van der Waals surface area contributed by atoms with E-state index >= 15 is 0 Å². The van der Waals surface area contributed by atoms with Gasteiger partial charge in [0.2, 0.25) is 0 Å². The first-order chi connectivity index (χ1) is 10.5. The van der Waals surface area contributed by atoms with Crippen LogP contribution in [0.4, 0.5) is 0 Å². The van der Waals surface area contributed by atoms with Crippen molar-refractivity contribution in [2.75, 3.05) is 13.1 Å². The maximum atomic E-state index is 12.5. The molecule has 1 saturated heterocycles. The molecule has 2 amide bonds. The Labute approximate surface area is 127 Å². The van der Waals surface area contributed by atoms with Crippen molar-refractivity contribution in [1.82, 2.24) is 14.7 Å². The van der Waals surface area contributed by atoms with E-state index in [9.17, 15) is 9.59 Å². The largest absolute Gasteiger partial charge is 0.466 e. The average Bonchev–Trinajstić information content (AvgIpc) is 3.15. The molecule has 1 aliphatic heterocycles. The number of hydrogen-bond acceptors (Lipinski definition) is 4. The van der Waals surface area contributed by atoms with E-state index in [1.807, 2.05) is 6.92 Å². The molecule has 1 unspecified atom stereocenters. The molecule has 3 rings (SSSR count). The van der Waals surface area contributed by atoms with Crippen LogP contribution in [0.25, 0.3) is 0 Å². The first kappa shape index (κ1) is 14.4.